The van der Waals surface area contributed by atoms with Crippen LogP contribution >= 0.6 is 11.3 Å². The minimum absolute atomic E-state index is 0.0669. The molecule has 0 saturated carbocycles. The standard InChI is InChI=1S/C12H17N3O2S/c1-2-6-13-12-14-7-9(18-12)8-15-10(16)4-3-5-11(15)17/h7H,2-6,8H2,1H3,(H,13,14). The topological polar surface area (TPSA) is 62.3 Å². The highest BCUT2D eigenvalue weighted by Gasteiger charge is 2.26. The van der Waals surface area contributed by atoms with Gasteiger partial charge in [-0.3, -0.25) is 14.5 Å². The third-order valence-corrected chi connectivity index (χ3v) is 3.72. The fraction of sp³-hybridized carbons (Fsp3) is 0.583. The van der Waals surface area contributed by atoms with Crippen molar-refractivity contribution in [1.29, 1.82) is 0 Å². The summed E-state index contributed by atoms with van der Waals surface area (Å²) in [4.78, 5) is 29.8. The van der Waals surface area contributed by atoms with Crippen LogP contribution in [0.15, 0.2) is 6.20 Å². The zero-order chi connectivity index (χ0) is 13.0. The van der Waals surface area contributed by atoms with Gasteiger partial charge < -0.3 is 5.32 Å². The quantitative estimate of drug-likeness (QED) is 0.829. The number of carbonyl (C=O) groups is 2. The van der Waals surface area contributed by atoms with E-state index in [0.29, 0.717) is 25.8 Å². The summed E-state index contributed by atoms with van der Waals surface area (Å²) in [6.45, 7) is 3.34. The van der Waals surface area contributed by atoms with Crippen molar-refractivity contribution in [3.63, 3.8) is 0 Å². The van der Waals surface area contributed by atoms with E-state index in [1.54, 1.807) is 6.20 Å². The Morgan fingerprint density at radius 3 is 2.78 bits per heavy atom. The minimum Gasteiger partial charge on any atom is -0.362 e. The number of rotatable bonds is 5. The van der Waals surface area contributed by atoms with Gasteiger partial charge in [-0.25, -0.2) is 4.98 Å². The van der Waals surface area contributed by atoms with Gasteiger partial charge in [-0.15, -0.1) is 11.3 Å². The Hall–Kier alpha value is -1.43. The molecule has 0 radical (unpaired) electrons. The van der Waals surface area contributed by atoms with E-state index in [1.807, 2.05) is 0 Å². The first-order chi connectivity index (χ1) is 8.70. The molecule has 1 saturated heterocycles. The Bertz CT molecular complexity index is 428. The number of piperidine rings is 1. The monoisotopic (exact) mass is 267 g/mol. The van der Waals surface area contributed by atoms with Gasteiger partial charge in [0.25, 0.3) is 0 Å². The zero-order valence-corrected chi connectivity index (χ0v) is 11.3. The van der Waals surface area contributed by atoms with Crippen LogP contribution in [0.4, 0.5) is 5.13 Å². The number of likely N-dealkylation sites (tertiary alicyclic amines) is 1. The summed E-state index contributed by atoms with van der Waals surface area (Å²) < 4.78 is 0. The van der Waals surface area contributed by atoms with Crippen LogP contribution in [0.2, 0.25) is 0 Å². The summed E-state index contributed by atoms with van der Waals surface area (Å²) in [6.07, 6.45) is 4.41. The van der Waals surface area contributed by atoms with Crippen LogP contribution in [0, 0.1) is 0 Å². The predicted octanol–water partition coefficient (Wildman–Crippen LogP) is 2.00. The molecule has 98 valence electrons. The van der Waals surface area contributed by atoms with Gasteiger partial charge in [-0.2, -0.15) is 0 Å². The Balaban J connectivity index is 1.97. The van der Waals surface area contributed by atoms with Crippen LogP contribution in [-0.4, -0.2) is 28.2 Å². The molecule has 18 heavy (non-hydrogen) atoms. The second-order valence-electron chi connectivity index (χ2n) is 4.29. The number of aromatic nitrogens is 1. The largest absolute Gasteiger partial charge is 0.362 e. The lowest BCUT2D eigenvalue weighted by atomic mass is 10.1. The minimum atomic E-state index is -0.0669. The molecule has 1 aliphatic heterocycles. The third-order valence-electron chi connectivity index (χ3n) is 2.78. The Morgan fingerprint density at radius 2 is 2.11 bits per heavy atom. The first-order valence-electron chi connectivity index (χ1n) is 6.22. The SMILES string of the molecule is CCCNc1ncc(CN2C(=O)CCCC2=O)s1. The van der Waals surface area contributed by atoms with Crippen molar-refractivity contribution >= 4 is 28.3 Å². The Morgan fingerprint density at radius 1 is 1.39 bits per heavy atom. The first kappa shape index (κ1) is 13.0. The second-order valence-corrected chi connectivity index (χ2v) is 5.40. The molecular formula is C12H17N3O2S. The smallest absolute Gasteiger partial charge is 0.229 e. The lowest BCUT2D eigenvalue weighted by molar-refractivity contribution is -0.148. The van der Waals surface area contributed by atoms with Crippen LogP contribution in [0.5, 0.6) is 0 Å². The van der Waals surface area contributed by atoms with E-state index in [9.17, 15) is 9.59 Å². The van der Waals surface area contributed by atoms with Crippen LogP contribution < -0.4 is 5.32 Å². The third kappa shape index (κ3) is 3.07. The van der Waals surface area contributed by atoms with E-state index in [-0.39, 0.29) is 11.8 Å². The van der Waals surface area contributed by atoms with Crippen LogP contribution in [-0.2, 0) is 16.1 Å². The second kappa shape index (κ2) is 5.95. The molecule has 5 nitrogen and oxygen atoms in total. The summed E-state index contributed by atoms with van der Waals surface area (Å²) >= 11 is 1.50. The normalized spacial score (nSPS) is 16.2. The molecule has 1 aromatic heterocycles. The van der Waals surface area contributed by atoms with Crippen molar-refractivity contribution in [3.05, 3.63) is 11.1 Å². The van der Waals surface area contributed by atoms with Gasteiger partial charge in [-0.1, -0.05) is 6.92 Å². The zero-order valence-electron chi connectivity index (χ0n) is 10.4. The fourth-order valence-corrected chi connectivity index (χ4v) is 2.65. The van der Waals surface area contributed by atoms with E-state index < -0.39 is 0 Å². The van der Waals surface area contributed by atoms with E-state index in [0.717, 1.165) is 23.0 Å². The van der Waals surface area contributed by atoms with E-state index in [4.69, 9.17) is 0 Å². The van der Waals surface area contributed by atoms with Gasteiger partial charge in [0.1, 0.15) is 0 Å². The number of nitrogens with zero attached hydrogens (tertiary/aromatic N) is 2. The molecule has 1 aromatic rings. The van der Waals surface area contributed by atoms with Crippen molar-refractivity contribution in [3.8, 4) is 0 Å². The van der Waals surface area contributed by atoms with Gasteiger partial charge in [-0.05, 0) is 12.8 Å². The van der Waals surface area contributed by atoms with Crippen molar-refractivity contribution in [2.45, 2.75) is 39.2 Å². The van der Waals surface area contributed by atoms with Crippen LogP contribution in [0.25, 0.3) is 0 Å². The number of amides is 2. The Kier molecular flexibility index (Phi) is 4.30. The molecule has 6 heteroatoms. The van der Waals surface area contributed by atoms with Crippen molar-refractivity contribution < 1.29 is 9.59 Å². The molecule has 0 aromatic carbocycles. The van der Waals surface area contributed by atoms with Gasteiger partial charge in [0.05, 0.1) is 6.54 Å². The lowest BCUT2D eigenvalue weighted by Gasteiger charge is -2.23. The van der Waals surface area contributed by atoms with Crippen molar-refractivity contribution in [2.24, 2.45) is 0 Å². The summed E-state index contributed by atoms with van der Waals surface area (Å²) in [7, 11) is 0. The van der Waals surface area contributed by atoms with Crippen LogP contribution in [0.1, 0.15) is 37.5 Å². The predicted molar refractivity (Wildman–Crippen MR) is 70.3 cm³/mol. The fourth-order valence-electron chi connectivity index (χ4n) is 1.83. The number of anilines is 1. The number of nitrogens with one attached hydrogen (secondary N) is 1. The van der Waals surface area contributed by atoms with Gasteiger partial charge >= 0.3 is 0 Å². The Labute approximate surface area is 110 Å². The molecule has 0 unspecified atom stereocenters. The average molecular weight is 267 g/mol. The molecule has 1 aliphatic rings. The highest BCUT2D eigenvalue weighted by molar-refractivity contribution is 7.15. The summed E-state index contributed by atoms with van der Waals surface area (Å²) in [5.41, 5.74) is 0. The number of imide groups is 1. The number of carbonyl (C=O) groups excluding carboxylic acids is 2. The van der Waals surface area contributed by atoms with Gasteiger partial charge in [0.15, 0.2) is 5.13 Å². The summed E-state index contributed by atoms with van der Waals surface area (Å²) in [6, 6.07) is 0. The van der Waals surface area contributed by atoms with Gasteiger partial charge in [0, 0.05) is 30.5 Å². The summed E-state index contributed by atoms with van der Waals surface area (Å²) in [5, 5.41) is 4.04. The molecule has 0 spiro atoms. The van der Waals surface area contributed by atoms with Gasteiger partial charge in [0.2, 0.25) is 11.8 Å². The number of hydrogen-bond acceptors (Lipinski definition) is 5. The molecule has 1 fully saturated rings. The van der Waals surface area contributed by atoms with E-state index >= 15 is 0 Å². The van der Waals surface area contributed by atoms with Crippen LogP contribution in [0.3, 0.4) is 0 Å². The summed E-state index contributed by atoms with van der Waals surface area (Å²) in [5.74, 6) is -0.134. The van der Waals surface area contributed by atoms with E-state index in [2.05, 4.69) is 17.2 Å². The molecule has 1 N–H and O–H groups in total. The molecule has 2 rings (SSSR count). The average Bonchev–Trinajstić information content (AvgIpc) is 2.79. The highest BCUT2D eigenvalue weighted by atomic mass is 32.1. The molecule has 0 bridgehead atoms. The van der Waals surface area contributed by atoms with E-state index in [1.165, 1.54) is 16.2 Å². The molecular weight excluding hydrogens is 250 g/mol. The lowest BCUT2D eigenvalue weighted by Crippen LogP contribution is -2.39. The maximum absolute atomic E-state index is 11.7. The molecule has 0 atom stereocenters. The highest BCUT2D eigenvalue weighted by Crippen LogP contribution is 2.22. The molecule has 2 heterocycles. The van der Waals surface area contributed by atoms with Crippen molar-refractivity contribution in [2.75, 3.05) is 11.9 Å². The maximum Gasteiger partial charge on any atom is 0.229 e. The number of hydrogen-bond donors (Lipinski definition) is 1. The maximum atomic E-state index is 11.7. The molecule has 2 amide bonds. The number of thiazole rings is 1. The molecule has 0 aliphatic carbocycles. The first-order valence-corrected chi connectivity index (χ1v) is 7.04. The van der Waals surface area contributed by atoms with Crippen molar-refractivity contribution in [1.82, 2.24) is 9.88 Å².